The van der Waals surface area contributed by atoms with Gasteiger partial charge in [-0.3, -0.25) is 4.79 Å². The van der Waals surface area contributed by atoms with Crippen LogP contribution in [0.25, 0.3) is 0 Å². The Morgan fingerprint density at radius 3 is 2.67 bits per heavy atom. The van der Waals surface area contributed by atoms with Crippen LogP contribution in [0.15, 0.2) is 42.5 Å². The van der Waals surface area contributed by atoms with Crippen molar-refractivity contribution >= 4 is 23.2 Å². The van der Waals surface area contributed by atoms with Crippen LogP contribution in [0.4, 0.5) is 10.1 Å². The Bertz CT molecular complexity index is 660. The minimum atomic E-state index is -0.363. The van der Waals surface area contributed by atoms with E-state index in [9.17, 15) is 9.18 Å². The molecule has 0 heterocycles. The van der Waals surface area contributed by atoms with Gasteiger partial charge in [-0.25, -0.2) is 4.39 Å². The number of nitrogens with one attached hydrogen (secondary N) is 2. The third kappa shape index (κ3) is 3.73. The Kier molecular flexibility index (Phi) is 4.81. The average molecular weight is 307 g/mol. The number of benzene rings is 2. The van der Waals surface area contributed by atoms with Gasteiger partial charge in [0.15, 0.2) is 0 Å². The molecule has 2 N–H and O–H groups in total. The Morgan fingerprint density at radius 2 is 2.00 bits per heavy atom. The maximum Gasteiger partial charge on any atom is 0.251 e. The van der Waals surface area contributed by atoms with Crippen molar-refractivity contribution in [3.05, 3.63) is 64.4 Å². The molecule has 0 radical (unpaired) electrons. The van der Waals surface area contributed by atoms with E-state index >= 15 is 0 Å². The summed E-state index contributed by atoms with van der Waals surface area (Å²) in [6.45, 7) is 1.92. The minimum Gasteiger partial charge on any atom is -0.378 e. The lowest BCUT2D eigenvalue weighted by Gasteiger charge is -2.17. The number of carbonyl (C=O) groups excluding carboxylic acids is 1. The molecule has 1 atom stereocenters. The molecule has 2 rings (SSSR count). The first-order chi connectivity index (χ1) is 10.0. The van der Waals surface area contributed by atoms with Gasteiger partial charge < -0.3 is 10.6 Å². The molecule has 5 heteroatoms. The molecule has 3 nitrogen and oxygen atoms in total. The van der Waals surface area contributed by atoms with Gasteiger partial charge in [-0.15, -0.1) is 0 Å². The number of hydrogen-bond donors (Lipinski definition) is 2. The van der Waals surface area contributed by atoms with Crippen LogP contribution in [0.2, 0.25) is 5.02 Å². The highest BCUT2D eigenvalue weighted by Crippen LogP contribution is 2.26. The maximum atomic E-state index is 13.1. The summed E-state index contributed by atoms with van der Waals surface area (Å²) in [5.41, 5.74) is 2.16. The Labute approximate surface area is 128 Å². The molecule has 0 aliphatic carbocycles. The molecule has 110 valence electrons. The second kappa shape index (κ2) is 6.59. The van der Waals surface area contributed by atoms with E-state index in [1.165, 1.54) is 12.1 Å². The van der Waals surface area contributed by atoms with Crippen LogP contribution in [0, 0.1) is 5.82 Å². The molecule has 1 unspecified atom stereocenters. The van der Waals surface area contributed by atoms with Gasteiger partial charge in [-0.1, -0.05) is 23.7 Å². The van der Waals surface area contributed by atoms with Crippen molar-refractivity contribution in [2.24, 2.45) is 0 Å². The molecule has 0 aromatic heterocycles. The molecule has 0 fully saturated rings. The van der Waals surface area contributed by atoms with Crippen molar-refractivity contribution in [2.75, 3.05) is 12.4 Å². The molecule has 0 saturated heterocycles. The Morgan fingerprint density at radius 1 is 1.24 bits per heavy atom. The summed E-state index contributed by atoms with van der Waals surface area (Å²) < 4.78 is 13.1. The number of hydrogen-bond acceptors (Lipinski definition) is 2. The van der Waals surface area contributed by atoms with E-state index in [1.54, 1.807) is 31.3 Å². The third-order valence-electron chi connectivity index (χ3n) is 3.16. The van der Waals surface area contributed by atoms with Gasteiger partial charge >= 0.3 is 0 Å². The van der Waals surface area contributed by atoms with Crippen molar-refractivity contribution in [3.63, 3.8) is 0 Å². The Balaban J connectivity index is 2.19. The van der Waals surface area contributed by atoms with E-state index in [-0.39, 0.29) is 17.8 Å². The fraction of sp³-hybridized carbons (Fsp3) is 0.188. The first-order valence-corrected chi connectivity index (χ1v) is 6.92. The maximum absolute atomic E-state index is 13.1. The lowest BCUT2D eigenvalue weighted by molar-refractivity contribution is 0.0963. The van der Waals surface area contributed by atoms with Crippen LogP contribution in [0.3, 0.4) is 0 Å². The summed E-state index contributed by atoms with van der Waals surface area (Å²) in [5.74, 6) is -0.510. The number of carbonyl (C=O) groups is 1. The molecule has 0 bridgehead atoms. The topological polar surface area (TPSA) is 41.1 Å². The summed E-state index contributed by atoms with van der Waals surface area (Å²) in [7, 11) is 1.59. The van der Waals surface area contributed by atoms with E-state index in [0.717, 1.165) is 11.3 Å². The summed E-state index contributed by atoms with van der Waals surface area (Å²) in [5, 5.41) is 6.20. The van der Waals surface area contributed by atoms with Crippen molar-refractivity contribution < 1.29 is 9.18 Å². The molecule has 1 amide bonds. The van der Waals surface area contributed by atoms with Crippen molar-refractivity contribution in [2.45, 2.75) is 13.0 Å². The standard InChI is InChI=1S/C16H16ClFN2O/c1-10(14-7-6-12(18)9-15(14)17)20-13-5-3-4-11(8-13)16(21)19-2/h3-10,20H,1-2H3,(H,19,21). The molecule has 2 aromatic carbocycles. The lowest BCUT2D eigenvalue weighted by Crippen LogP contribution is -2.18. The van der Waals surface area contributed by atoms with E-state index in [2.05, 4.69) is 10.6 Å². The van der Waals surface area contributed by atoms with Gasteiger partial charge in [0.25, 0.3) is 5.91 Å². The fourth-order valence-corrected chi connectivity index (χ4v) is 2.41. The number of anilines is 1. The van der Waals surface area contributed by atoms with Gasteiger partial charge in [-0.2, -0.15) is 0 Å². The summed E-state index contributed by atoms with van der Waals surface area (Å²) >= 11 is 6.05. The summed E-state index contributed by atoms with van der Waals surface area (Å²) in [4.78, 5) is 11.6. The quantitative estimate of drug-likeness (QED) is 0.896. The number of halogens is 2. The Hall–Kier alpha value is -2.07. The molecule has 0 aliphatic heterocycles. The molecule has 0 spiro atoms. The zero-order chi connectivity index (χ0) is 15.4. The van der Waals surface area contributed by atoms with Crippen LogP contribution < -0.4 is 10.6 Å². The highest BCUT2D eigenvalue weighted by Gasteiger charge is 2.11. The van der Waals surface area contributed by atoms with Gasteiger partial charge in [-0.05, 0) is 42.8 Å². The molecule has 0 aliphatic rings. The largest absolute Gasteiger partial charge is 0.378 e. The number of amides is 1. The van der Waals surface area contributed by atoms with Crippen molar-refractivity contribution in [3.8, 4) is 0 Å². The predicted molar refractivity (Wildman–Crippen MR) is 83.3 cm³/mol. The predicted octanol–water partition coefficient (Wildman–Crippen LogP) is 4.01. The zero-order valence-electron chi connectivity index (χ0n) is 11.8. The second-order valence-corrected chi connectivity index (χ2v) is 5.10. The second-order valence-electron chi connectivity index (χ2n) is 4.69. The van der Waals surface area contributed by atoms with Crippen molar-refractivity contribution in [1.82, 2.24) is 5.32 Å². The normalized spacial score (nSPS) is 11.8. The van der Waals surface area contributed by atoms with E-state index < -0.39 is 0 Å². The number of rotatable bonds is 4. The minimum absolute atomic E-state index is 0.113. The van der Waals surface area contributed by atoms with Gasteiger partial charge in [0.1, 0.15) is 5.82 Å². The monoisotopic (exact) mass is 306 g/mol. The molecular formula is C16H16ClFN2O. The highest BCUT2D eigenvalue weighted by atomic mass is 35.5. The smallest absolute Gasteiger partial charge is 0.251 e. The fourth-order valence-electron chi connectivity index (χ4n) is 2.07. The van der Waals surface area contributed by atoms with Crippen molar-refractivity contribution in [1.29, 1.82) is 0 Å². The first-order valence-electron chi connectivity index (χ1n) is 6.55. The SMILES string of the molecule is CNC(=O)c1cccc(NC(C)c2ccc(F)cc2Cl)c1. The van der Waals surface area contributed by atoms with E-state index in [0.29, 0.717) is 10.6 Å². The molecule has 2 aromatic rings. The van der Waals surface area contributed by atoms with Crippen LogP contribution >= 0.6 is 11.6 Å². The van der Waals surface area contributed by atoms with Gasteiger partial charge in [0.05, 0.1) is 0 Å². The molecular weight excluding hydrogens is 291 g/mol. The zero-order valence-corrected chi connectivity index (χ0v) is 12.5. The summed E-state index contributed by atoms with van der Waals surface area (Å²) in [6, 6.07) is 11.4. The van der Waals surface area contributed by atoms with Crippen LogP contribution in [0.5, 0.6) is 0 Å². The lowest BCUT2D eigenvalue weighted by atomic mass is 10.1. The average Bonchev–Trinajstić information content (AvgIpc) is 2.46. The van der Waals surface area contributed by atoms with Gasteiger partial charge in [0.2, 0.25) is 0 Å². The molecule has 0 saturated carbocycles. The van der Waals surface area contributed by atoms with E-state index in [4.69, 9.17) is 11.6 Å². The van der Waals surface area contributed by atoms with Crippen LogP contribution in [0.1, 0.15) is 28.9 Å². The van der Waals surface area contributed by atoms with E-state index in [1.807, 2.05) is 13.0 Å². The first kappa shape index (κ1) is 15.3. The molecule has 21 heavy (non-hydrogen) atoms. The highest BCUT2D eigenvalue weighted by molar-refractivity contribution is 6.31. The van der Waals surface area contributed by atoms with Crippen LogP contribution in [-0.2, 0) is 0 Å². The third-order valence-corrected chi connectivity index (χ3v) is 3.49. The van der Waals surface area contributed by atoms with Gasteiger partial charge in [0, 0.05) is 29.4 Å². The summed E-state index contributed by atoms with van der Waals surface area (Å²) in [6.07, 6.45) is 0. The van der Waals surface area contributed by atoms with Crippen LogP contribution in [-0.4, -0.2) is 13.0 Å².